The molecule has 8 aromatic carbocycles. The second kappa shape index (κ2) is 39.3. The number of hydrogen-bond acceptors (Lipinski definition) is 26. The maximum absolute atomic E-state index is 12.7. The molecule has 30 heteroatoms. The lowest BCUT2D eigenvalue weighted by Gasteiger charge is -2.34. The monoisotopic (exact) mass is 1700 g/mol. The fourth-order valence-electron chi connectivity index (χ4n) is 13.5. The number of halogens is 2. The first-order chi connectivity index (χ1) is 56.4. The molecule has 0 spiro atoms. The van der Waals surface area contributed by atoms with E-state index in [4.69, 9.17) is 89.9 Å². The molecule has 0 fully saturated rings. The first kappa shape index (κ1) is 92.7. The summed E-state index contributed by atoms with van der Waals surface area (Å²) in [6, 6.07) is 29.6. The topological polar surface area (TPSA) is 348 Å². The third kappa shape index (κ3) is 25.0. The van der Waals surface area contributed by atoms with Gasteiger partial charge in [0.2, 0.25) is 0 Å². The van der Waals surface area contributed by atoms with Gasteiger partial charge in [-0.2, -0.15) is 0 Å². The van der Waals surface area contributed by atoms with E-state index in [-0.39, 0.29) is 115 Å². The minimum absolute atomic E-state index is 0.0376. The van der Waals surface area contributed by atoms with Gasteiger partial charge in [-0.25, -0.2) is 19.3 Å². The number of carbonyl (C=O) groups excluding carboxylic acids is 10. The molecule has 644 valence electrons. The Morgan fingerprint density at radius 3 is 0.742 bits per heavy atom. The summed E-state index contributed by atoms with van der Waals surface area (Å²) in [6.07, 6.45) is 4.10. The fourth-order valence-corrected chi connectivity index (χ4v) is 13.7. The van der Waals surface area contributed by atoms with E-state index in [1.807, 2.05) is 140 Å². The molecule has 0 atom stereocenters. The van der Waals surface area contributed by atoms with Crippen molar-refractivity contribution in [2.24, 2.45) is 0 Å². The van der Waals surface area contributed by atoms with Crippen LogP contribution in [0.3, 0.4) is 0 Å². The van der Waals surface area contributed by atoms with E-state index < -0.39 is 76.7 Å². The number of benzene rings is 8. The Morgan fingerprint density at radius 2 is 0.517 bits per heavy atom. The lowest BCUT2D eigenvalue weighted by Crippen LogP contribution is -2.34. The molecule has 0 saturated carbocycles. The summed E-state index contributed by atoms with van der Waals surface area (Å²) in [5.74, 6) is 0.142. The van der Waals surface area contributed by atoms with Crippen LogP contribution in [0.25, 0.3) is 43.1 Å². The highest BCUT2D eigenvalue weighted by Gasteiger charge is 2.40. The molecular weight excluding hydrogens is 1590 g/mol. The molecule has 4 heterocycles. The van der Waals surface area contributed by atoms with Crippen LogP contribution in [-0.4, -0.2) is 120 Å². The molecule has 4 aliphatic heterocycles. The first-order valence-electron chi connectivity index (χ1n) is 39.6. The average Bonchev–Trinajstić information content (AvgIpc) is 0.761. The SMILES string of the molecule is CC(=O)Oc1c(OC(=O)CCNC(=O)OC(C)(C)C)c2c(c3ccccc13)OC(C)(C)CC2.CC(=O)Oc1c(OC(=O)CCNCl)c2c(c3ccccc13)OC(C)(C)CC2.CC(=O)Oc1c2c(c3ccccc3c1OC(=O)CCNC(=O)OC(C)(C)C)OC(C)(C)CC2.CC(=O)Oc1c2c(c3ccccc3c1OC(=O)CCNCl)OC(C)(C)CC2. The zero-order chi connectivity index (χ0) is 88.0. The Bertz CT molecular complexity index is 5230. The Labute approximate surface area is 707 Å². The lowest BCUT2D eigenvalue weighted by atomic mass is 9.91. The quantitative estimate of drug-likeness (QED) is 0.0313. The molecule has 4 N–H and O–H groups in total. The van der Waals surface area contributed by atoms with Crippen molar-refractivity contribution in [2.45, 2.75) is 235 Å². The first-order valence-corrected chi connectivity index (χ1v) is 40.4. The molecule has 0 bridgehead atoms. The van der Waals surface area contributed by atoms with E-state index in [1.165, 1.54) is 27.7 Å². The van der Waals surface area contributed by atoms with Gasteiger partial charge in [0.1, 0.15) is 56.6 Å². The Morgan fingerprint density at radius 1 is 0.317 bits per heavy atom. The van der Waals surface area contributed by atoms with Gasteiger partial charge in [-0.3, -0.25) is 38.4 Å². The van der Waals surface area contributed by atoms with Crippen LogP contribution in [0.1, 0.15) is 198 Å². The minimum Gasteiger partial charge on any atom is -0.487 e. The highest BCUT2D eigenvalue weighted by Crippen LogP contribution is 2.55. The van der Waals surface area contributed by atoms with Crippen molar-refractivity contribution in [3.63, 3.8) is 0 Å². The van der Waals surface area contributed by atoms with Crippen LogP contribution < -0.4 is 77.1 Å². The molecule has 0 radical (unpaired) electrons. The normalized spacial score (nSPS) is 14.8. The molecule has 8 aromatic rings. The zero-order valence-electron chi connectivity index (χ0n) is 71.1. The van der Waals surface area contributed by atoms with Gasteiger partial charge in [-0.05, 0) is 172 Å². The Balaban J connectivity index is 0.000000183. The van der Waals surface area contributed by atoms with E-state index in [0.29, 0.717) is 94.2 Å². The van der Waals surface area contributed by atoms with Crippen molar-refractivity contribution in [1.82, 2.24) is 20.3 Å². The molecule has 0 unspecified atom stereocenters. The van der Waals surface area contributed by atoms with Gasteiger partial charge < -0.3 is 76.9 Å². The van der Waals surface area contributed by atoms with Gasteiger partial charge in [0.25, 0.3) is 0 Å². The van der Waals surface area contributed by atoms with Crippen molar-refractivity contribution >= 4 is 127 Å². The van der Waals surface area contributed by atoms with Crippen molar-refractivity contribution in [1.29, 1.82) is 0 Å². The number of esters is 8. The van der Waals surface area contributed by atoms with Crippen LogP contribution in [0.2, 0.25) is 0 Å². The van der Waals surface area contributed by atoms with E-state index in [9.17, 15) is 47.9 Å². The highest BCUT2D eigenvalue weighted by atomic mass is 35.5. The second-order valence-electron chi connectivity index (χ2n) is 33.4. The molecule has 2 amide bonds. The van der Waals surface area contributed by atoms with Gasteiger partial charge in [-0.1, -0.05) is 97.1 Å². The minimum atomic E-state index is -0.637. The summed E-state index contributed by atoms with van der Waals surface area (Å²) >= 11 is 10.8. The van der Waals surface area contributed by atoms with Crippen LogP contribution in [0.4, 0.5) is 9.59 Å². The van der Waals surface area contributed by atoms with Gasteiger partial charge in [-0.15, -0.1) is 0 Å². The van der Waals surface area contributed by atoms with Gasteiger partial charge in [0, 0.05) is 119 Å². The summed E-state index contributed by atoms with van der Waals surface area (Å²) in [6.45, 7) is 32.4. The zero-order valence-corrected chi connectivity index (χ0v) is 72.6. The predicted molar refractivity (Wildman–Crippen MR) is 450 cm³/mol. The van der Waals surface area contributed by atoms with E-state index in [0.717, 1.165) is 45.5 Å². The number of amides is 2. The van der Waals surface area contributed by atoms with Gasteiger partial charge >= 0.3 is 59.9 Å². The second-order valence-corrected chi connectivity index (χ2v) is 33.9. The number of carbonyl (C=O) groups is 10. The van der Waals surface area contributed by atoms with Crippen molar-refractivity contribution < 1.29 is 114 Å². The number of nitrogens with one attached hydrogen (secondary N) is 4. The van der Waals surface area contributed by atoms with Crippen molar-refractivity contribution in [3.05, 3.63) is 119 Å². The average molecular weight is 1700 g/mol. The molecule has 4 aliphatic rings. The van der Waals surface area contributed by atoms with Crippen molar-refractivity contribution in [2.75, 3.05) is 26.2 Å². The summed E-state index contributed by atoms with van der Waals surface area (Å²) in [5.41, 5.74) is 0.111. The summed E-state index contributed by atoms with van der Waals surface area (Å²) in [5, 5.41) is 10.8. The molecule has 0 aliphatic carbocycles. The lowest BCUT2D eigenvalue weighted by molar-refractivity contribution is -0.136. The fraction of sp³-hybridized carbons (Fsp3) is 0.444. The maximum Gasteiger partial charge on any atom is 0.407 e. The molecule has 120 heavy (non-hydrogen) atoms. The third-order valence-corrected chi connectivity index (χ3v) is 19.2. The maximum atomic E-state index is 12.7. The molecule has 0 saturated heterocycles. The summed E-state index contributed by atoms with van der Waals surface area (Å²) in [4.78, 5) is 125. The molecule has 28 nitrogen and oxygen atoms in total. The Hall–Kier alpha value is -11.2. The van der Waals surface area contributed by atoms with E-state index >= 15 is 0 Å². The molecule has 12 rings (SSSR count). The van der Waals surface area contributed by atoms with E-state index in [1.54, 1.807) is 53.7 Å². The summed E-state index contributed by atoms with van der Waals surface area (Å²) < 4.78 is 80.0. The van der Waals surface area contributed by atoms with Crippen molar-refractivity contribution in [3.8, 4) is 69.0 Å². The van der Waals surface area contributed by atoms with Crippen LogP contribution in [0.5, 0.6) is 69.0 Å². The van der Waals surface area contributed by atoms with Crippen LogP contribution in [-0.2, 0) is 73.5 Å². The smallest absolute Gasteiger partial charge is 0.407 e. The number of fused-ring (bicyclic) bond motifs is 12. The Kier molecular flexibility index (Phi) is 30.4. The number of alkyl carbamates (subject to hydrolysis) is 2. The number of ether oxygens (including phenoxy) is 14. The van der Waals surface area contributed by atoms with Crippen LogP contribution >= 0.6 is 23.6 Å². The summed E-state index contributed by atoms with van der Waals surface area (Å²) in [7, 11) is 0. The molecule has 0 aromatic heterocycles. The predicted octanol–water partition coefficient (Wildman–Crippen LogP) is 17.2. The van der Waals surface area contributed by atoms with E-state index in [2.05, 4.69) is 20.3 Å². The number of rotatable bonds is 20. The standard InChI is InChI=1S/2C25H31NO7.2C20H22ClNO5/c1-15(27)30-22-18-11-13-25(5,6)32-20(18)16-9-7-8-10-17(16)21(22)31-19(28)12-14-26-23(29)33-24(2,3)4;1-15(27)30-21-17-10-8-7-9-16(17)20-18(11-13-25(5,6)32-20)22(21)31-19(28)12-14-26-23(29)33-24(2,3)4;1-12(23)25-19-15-8-10-20(2,3)27-17(15)13-6-4-5-7-14(13)18(19)26-16(24)9-11-22-21;1-12(23)25-18-14-7-5-4-6-13(14)17-15(8-10-20(2,3)27-17)19(18)26-16(24)9-11-22-21/h2*7-10H,11-14H2,1-6H3,(H,26,29);2*4-7,22H,8-11H2,1-3H3. The molecular formula is C90H106Cl2N4O24. The van der Waals surface area contributed by atoms with Gasteiger partial charge in [0.05, 0.1) is 25.7 Å². The number of hydrogen-bond donors (Lipinski definition) is 4. The largest absolute Gasteiger partial charge is 0.487 e. The van der Waals surface area contributed by atoms with Crippen LogP contribution in [0, 0.1) is 0 Å². The van der Waals surface area contributed by atoms with Crippen LogP contribution in [0.15, 0.2) is 97.1 Å². The highest BCUT2D eigenvalue weighted by molar-refractivity contribution is 6.13. The van der Waals surface area contributed by atoms with Gasteiger partial charge in [0.15, 0.2) is 46.0 Å². The third-order valence-electron chi connectivity index (χ3n) is 18.8.